The number of carbonyl (C=O) groups excluding carboxylic acids is 1. The van der Waals surface area contributed by atoms with E-state index in [9.17, 15) is 19.4 Å². The van der Waals surface area contributed by atoms with Gasteiger partial charge in [-0.3, -0.25) is 4.79 Å². The summed E-state index contributed by atoms with van der Waals surface area (Å²) in [6.07, 6.45) is -0.771. The van der Waals surface area contributed by atoms with Gasteiger partial charge in [-0.15, -0.1) is 0 Å². The molecular formula is C21H19FN2O3. The summed E-state index contributed by atoms with van der Waals surface area (Å²) >= 11 is 0. The van der Waals surface area contributed by atoms with Crippen molar-refractivity contribution in [3.63, 3.8) is 0 Å². The minimum Gasteiger partial charge on any atom is -0.396 e. The third-order valence-electron chi connectivity index (χ3n) is 5.96. The van der Waals surface area contributed by atoms with E-state index in [1.807, 2.05) is 36.4 Å². The van der Waals surface area contributed by atoms with Crippen LogP contribution in [0.15, 0.2) is 48.5 Å². The molecule has 2 N–H and O–H groups in total. The maximum Gasteiger partial charge on any atom is 0.254 e. The highest BCUT2D eigenvalue weighted by atomic mass is 19.1. The molecule has 5 nitrogen and oxygen atoms in total. The van der Waals surface area contributed by atoms with Crippen molar-refractivity contribution in [3.8, 4) is 6.07 Å². The van der Waals surface area contributed by atoms with E-state index in [1.165, 1.54) is 11.0 Å². The lowest BCUT2D eigenvalue weighted by Gasteiger charge is -2.17. The predicted molar refractivity (Wildman–Crippen MR) is 95.2 cm³/mol. The minimum atomic E-state index is -0.771. The molecule has 1 amide bonds. The van der Waals surface area contributed by atoms with Gasteiger partial charge in [0.15, 0.2) is 0 Å². The Kier molecular flexibility index (Phi) is 4.22. The molecule has 1 saturated heterocycles. The maximum atomic E-state index is 13.7. The largest absolute Gasteiger partial charge is 0.396 e. The average Bonchev–Trinajstić information content (AvgIpc) is 3.22. The Hall–Kier alpha value is -2.75. The molecule has 0 unspecified atom stereocenters. The van der Waals surface area contributed by atoms with Gasteiger partial charge in [0.25, 0.3) is 5.91 Å². The number of carbonyl (C=O) groups is 1. The number of nitrogens with zero attached hydrogens (tertiary/aromatic N) is 2. The molecule has 1 heterocycles. The smallest absolute Gasteiger partial charge is 0.254 e. The fourth-order valence-electron chi connectivity index (χ4n) is 4.68. The molecule has 1 aliphatic carbocycles. The summed E-state index contributed by atoms with van der Waals surface area (Å²) in [6, 6.07) is 15.0. The van der Waals surface area contributed by atoms with E-state index < -0.39 is 23.2 Å². The SMILES string of the molecule is N#Cc1cc(F)cc(C(=O)N2C[C@H](O)[C@@]3(C2)[C@H](CO)[C@H]3c2ccccc2)c1. The van der Waals surface area contributed by atoms with E-state index >= 15 is 0 Å². The summed E-state index contributed by atoms with van der Waals surface area (Å²) in [5.74, 6) is -1.22. The Balaban J connectivity index is 1.61. The van der Waals surface area contributed by atoms with Crippen molar-refractivity contribution >= 4 is 5.91 Å². The van der Waals surface area contributed by atoms with Crippen LogP contribution >= 0.6 is 0 Å². The van der Waals surface area contributed by atoms with Gasteiger partial charge < -0.3 is 15.1 Å². The molecule has 1 spiro atoms. The van der Waals surface area contributed by atoms with Gasteiger partial charge in [-0.1, -0.05) is 30.3 Å². The fourth-order valence-corrected chi connectivity index (χ4v) is 4.68. The minimum absolute atomic E-state index is 0.0290. The first kappa shape index (κ1) is 17.7. The molecule has 2 aromatic rings. The Bertz CT molecular complexity index is 927. The van der Waals surface area contributed by atoms with Crippen LogP contribution in [-0.4, -0.2) is 46.8 Å². The van der Waals surface area contributed by atoms with E-state index in [0.717, 1.165) is 17.7 Å². The number of hydrogen-bond acceptors (Lipinski definition) is 4. The Morgan fingerprint density at radius 3 is 2.70 bits per heavy atom. The number of amides is 1. The van der Waals surface area contributed by atoms with Crippen molar-refractivity contribution < 1.29 is 19.4 Å². The number of benzene rings is 2. The number of aliphatic hydroxyl groups is 2. The van der Waals surface area contributed by atoms with Crippen molar-refractivity contribution in [1.29, 1.82) is 5.26 Å². The van der Waals surface area contributed by atoms with Crippen LogP contribution in [0.1, 0.15) is 27.4 Å². The zero-order chi connectivity index (χ0) is 19.2. The highest BCUT2D eigenvalue weighted by Crippen LogP contribution is 2.68. The van der Waals surface area contributed by atoms with Crippen LogP contribution in [0.2, 0.25) is 0 Å². The Labute approximate surface area is 156 Å². The first-order valence-corrected chi connectivity index (χ1v) is 8.85. The summed E-state index contributed by atoms with van der Waals surface area (Å²) in [5, 5.41) is 29.6. The molecule has 6 heteroatoms. The molecule has 2 aliphatic rings. The molecule has 1 saturated carbocycles. The first-order valence-electron chi connectivity index (χ1n) is 8.85. The van der Waals surface area contributed by atoms with Gasteiger partial charge in [-0.2, -0.15) is 5.26 Å². The molecule has 4 atom stereocenters. The highest BCUT2D eigenvalue weighted by molar-refractivity contribution is 5.95. The normalized spacial score (nSPS) is 29.0. The van der Waals surface area contributed by atoms with Crippen LogP contribution in [0.3, 0.4) is 0 Å². The number of likely N-dealkylation sites (tertiary alicyclic amines) is 1. The lowest BCUT2D eigenvalue weighted by Crippen LogP contribution is -2.30. The summed E-state index contributed by atoms with van der Waals surface area (Å²) in [6.45, 7) is 0.338. The van der Waals surface area contributed by atoms with Gasteiger partial charge in [0.2, 0.25) is 0 Å². The van der Waals surface area contributed by atoms with Gasteiger partial charge in [0, 0.05) is 30.7 Å². The monoisotopic (exact) mass is 366 g/mol. The standard InChI is InChI=1S/C21H19FN2O3/c22-16-7-13(9-23)6-15(8-16)20(27)24-10-18(26)21(12-24)17(11-25)19(21)14-4-2-1-3-5-14/h1-8,17-19,25-26H,10-12H2/t17-,18+,19-,21-/m1/s1. The quantitative estimate of drug-likeness (QED) is 0.869. The van der Waals surface area contributed by atoms with Crippen molar-refractivity contribution in [2.75, 3.05) is 19.7 Å². The lowest BCUT2D eigenvalue weighted by atomic mass is 9.95. The third-order valence-corrected chi connectivity index (χ3v) is 5.96. The van der Waals surface area contributed by atoms with Gasteiger partial charge in [-0.25, -0.2) is 4.39 Å². The molecule has 0 bridgehead atoms. The van der Waals surface area contributed by atoms with E-state index in [4.69, 9.17) is 5.26 Å². The molecule has 2 aromatic carbocycles. The van der Waals surface area contributed by atoms with E-state index in [-0.39, 0.29) is 42.7 Å². The zero-order valence-corrected chi connectivity index (χ0v) is 14.5. The first-order chi connectivity index (χ1) is 13.0. The van der Waals surface area contributed by atoms with Gasteiger partial charge in [0.1, 0.15) is 5.82 Å². The fraction of sp³-hybridized carbons (Fsp3) is 0.333. The summed E-state index contributed by atoms with van der Waals surface area (Å²) in [4.78, 5) is 14.3. The van der Waals surface area contributed by atoms with E-state index in [2.05, 4.69) is 0 Å². The summed E-state index contributed by atoms with van der Waals surface area (Å²) < 4.78 is 13.7. The van der Waals surface area contributed by atoms with Crippen LogP contribution in [0.25, 0.3) is 0 Å². The summed E-state index contributed by atoms with van der Waals surface area (Å²) in [7, 11) is 0. The van der Waals surface area contributed by atoms with Crippen LogP contribution in [-0.2, 0) is 0 Å². The van der Waals surface area contributed by atoms with Gasteiger partial charge in [0.05, 0.1) is 17.7 Å². The predicted octanol–water partition coefficient (Wildman–Crippen LogP) is 1.91. The van der Waals surface area contributed by atoms with Crippen LogP contribution in [0.4, 0.5) is 4.39 Å². The molecule has 0 radical (unpaired) electrons. The number of halogens is 1. The van der Waals surface area contributed by atoms with Crippen molar-refractivity contribution in [2.45, 2.75) is 12.0 Å². The van der Waals surface area contributed by atoms with Gasteiger partial charge >= 0.3 is 0 Å². The topological polar surface area (TPSA) is 84.6 Å². The van der Waals surface area contributed by atoms with E-state index in [0.29, 0.717) is 0 Å². The average molecular weight is 366 g/mol. The maximum absolute atomic E-state index is 13.7. The number of rotatable bonds is 3. The molecule has 2 fully saturated rings. The van der Waals surface area contributed by atoms with Crippen molar-refractivity contribution in [3.05, 3.63) is 71.0 Å². The van der Waals surface area contributed by atoms with E-state index in [1.54, 1.807) is 0 Å². The third kappa shape index (κ3) is 2.71. The Morgan fingerprint density at radius 2 is 2.04 bits per heavy atom. The zero-order valence-electron chi connectivity index (χ0n) is 14.5. The second-order valence-corrected chi connectivity index (χ2v) is 7.33. The van der Waals surface area contributed by atoms with Crippen LogP contribution in [0.5, 0.6) is 0 Å². The summed E-state index contributed by atoms with van der Waals surface area (Å²) in [5.41, 5.74) is 0.613. The molecule has 1 aliphatic heterocycles. The highest BCUT2D eigenvalue weighted by Gasteiger charge is 2.71. The second kappa shape index (κ2) is 6.45. The second-order valence-electron chi connectivity index (χ2n) is 7.33. The van der Waals surface area contributed by atoms with Crippen molar-refractivity contribution in [1.82, 2.24) is 4.90 Å². The number of aliphatic hydroxyl groups excluding tert-OH is 2. The molecular weight excluding hydrogens is 347 g/mol. The molecule has 138 valence electrons. The Morgan fingerprint density at radius 1 is 1.30 bits per heavy atom. The molecule has 27 heavy (non-hydrogen) atoms. The molecule has 0 aromatic heterocycles. The number of β-amino-alcohol motifs (C(OH)–C–C–N with tert-alkyl or cyclic N) is 1. The van der Waals surface area contributed by atoms with Crippen LogP contribution < -0.4 is 0 Å². The molecule has 4 rings (SSSR count). The van der Waals surface area contributed by atoms with Gasteiger partial charge in [-0.05, 0) is 35.6 Å². The lowest BCUT2D eigenvalue weighted by molar-refractivity contribution is 0.0763. The number of hydrogen-bond donors (Lipinski definition) is 2. The van der Waals surface area contributed by atoms with Crippen molar-refractivity contribution in [2.24, 2.45) is 11.3 Å². The number of nitriles is 1. The van der Waals surface area contributed by atoms with Crippen LogP contribution in [0, 0.1) is 28.5 Å².